The molecule has 0 unspecified atom stereocenters. The fraction of sp³-hybridized carbons (Fsp3) is 0.364. The highest BCUT2D eigenvalue weighted by molar-refractivity contribution is 6.36. The number of urea groups is 1. The molecule has 210 valence electrons. The van der Waals surface area contributed by atoms with Gasteiger partial charge in [0.1, 0.15) is 5.54 Å². The van der Waals surface area contributed by atoms with Crippen LogP contribution in [-0.4, -0.2) is 60.0 Å². The maximum absolute atomic E-state index is 14.0. The number of amides is 3. The molecule has 3 amide bonds. The average molecular weight is 568 g/mol. The van der Waals surface area contributed by atoms with E-state index in [9.17, 15) is 14.9 Å². The van der Waals surface area contributed by atoms with Crippen LogP contribution in [0.5, 0.6) is 0 Å². The van der Waals surface area contributed by atoms with Gasteiger partial charge in [-0.15, -0.1) is 0 Å². The minimum atomic E-state index is -0.856. The molecule has 8 heteroatoms. The first kappa shape index (κ1) is 27.3. The van der Waals surface area contributed by atoms with E-state index in [1.165, 1.54) is 29.0 Å². The van der Waals surface area contributed by atoms with Gasteiger partial charge in [0, 0.05) is 45.0 Å². The van der Waals surface area contributed by atoms with E-state index in [1.54, 1.807) is 29.2 Å². The molecular formula is C33H34ClN5O2. The summed E-state index contributed by atoms with van der Waals surface area (Å²) in [5, 5.41) is 9.58. The number of nitriles is 1. The third-order valence-corrected chi connectivity index (χ3v) is 9.17. The molecule has 3 fully saturated rings. The Hall–Kier alpha value is -3.86. The number of carbonyl (C=O) groups excluding carboxylic acids is 2. The Morgan fingerprint density at radius 2 is 1.61 bits per heavy atom. The monoisotopic (exact) mass is 567 g/mol. The highest BCUT2D eigenvalue weighted by atomic mass is 35.5. The molecule has 3 aromatic carbocycles. The highest BCUT2D eigenvalue weighted by Crippen LogP contribution is 2.42. The van der Waals surface area contributed by atoms with Crippen LogP contribution in [0.15, 0.2) is 66.7 Å². The summed E-state index contributed by atoms with van der Waals surface area (Å²) in [5.74, 6) is -0.194. The molecule has 3 aromatic rings. The van der Waals surface area contributed by atoms with Crippen molar-refractivity contribution < 1.29 is 9.59 Å². The lowest BCUT2D eigenvalue weighted by atomic mass is 9.85. The third-order valence-electron chi connectivity index (χ3n) is 8.87. The van der Waals surface area contributed by atoms with Crippen LogP contribution in [0, 0.1) is 11.3 Å². The van der Waals surface area contributed by atoms with Crippen LogP contribution < -0.4 is 9.80 Å². The maximum atomic E-state index is 14.0. The number of hydrogen-bond acceptors (Lipinski definition) is 5. The molecule has 3 saturated heterocycles. The van der Waals surface area contributed by atoms with Crippen LogP contribution in [0.2, 0.25) is 5.02 Å². The zero-order chi connectivity index (χ0) is 28.6. The number of likely N-dealkylation sites (N-methyl/N-ethyl adjacent to an activating group) is 1. The second-order valence-electron chi connectivity index (χ2n) is 11.2. The predicted molar refractivity (Wildman–Crippen MR) is 162 cm³/mol. The number of rotatable bonds is 6. The lowest BCUT2D eigenvalue weighted by Crippen LogP contribution is -2.56. The van der Waals surface area contributed by atoms with Crippen LogP contribution in [0.3, 0.4) is 0 Å². The lowest BCUT2D eigenvalue weighted by Gasteiger charge is -2.41. The third kappa shape index (κ3) is 4.96. The van der Waals surface area contributed by atoms with Gasteiger partial charge in [-0.2, -0.15) is 5.26 Å². The fourth-order valence-electron chi connectivity index (χ4n) is 6.61. The van der Waals surface area contributed by atoms with Gasteiger partial charge in [-0.1, -0.05) is 41.9 Å². The van der Waals surface area contributed by atoms with Gasteiger partial charge in [-0.05, 0) is 85.7 Å². The van der Waals surface area contributed by atoms with Gasteiger partial charge >= 0.3 is 6.03 Å². The van der Waals surface area contributed by atoms with Gasteiger partial charge in [-0.3, -0.25) is 9.69 Å². The molecule has 7 nitrogen and oxygen atoms in total. The number of carbonyl (C=O) groups is 2. The average Bonchev–Trinajstić information content (AvgIpc) is 3.61. The summed E-state index contributed by atoms with van der Waals surface area (Å²) in [7, 11) is 0. The Kier molecular flexibility index (Phi) is 7.46. The van der Waals surface area contributed by atoms with E-state index in [4.69, 9.17) is 11.6 Å². The Morgan fingerprint density at radius 1 is 0.902 bits per heavy atom. The van der Waals surface area contributed by atoms with E-state index in [1.807, 2.05) is 25.1 Å². The van der Waals surface area contributed by atoms with Crippen molar-refractivity contribution in [2.45, 2.75) is 44.7 Å². The number of benzene rings is 3. The maximum Gasteiger partial charge on any atom is 0.332 e. The molecule has 0 N–H and O–H groups in total. The van der Waals surface area contributed by atoms with Crippen LogP contribution in [0.25, 0.3) is 11.1 Å². The molecule has 3 aliphatic rings. The molecule has 0 aliphatic carbocycles. The number of likely N-dealkylation sites (tertiary alicyclic amines) is 1. The molecule has 6 rings (SSSR count). The summed E-state index contributed by atoms with van der Waals surface area (Å²) in [5.41, 5.74) is 4.32. The zero-order valence-electron chi connectivity index (χ0n) is 23.4. The van der Waals surface area contributed by atoms with Crippen molar-refractivity contribution in [1.29, 1.82) is 5.26 Å². The van der Waals surface area contributed by atoms with E-state index in [2.05, 4.69) is 40.1 Å². The minimum absolute atomic E-state index is 0.194. The highest BCUT2D eigenvalue weighted by Gasteiger charge is 2.58. The first-order chi connectivity index (χ1) is 19.9. The summed E-state index contributed by atoms with van der Waals surface area (Å²) < 4.78 is 0. The predicted octanol–water partition coefficient (Wildman–Crippen LogP) is 6.30. The number of anilines is 2. The first-order valence-corrected chi connectivity index (χ1v) is 14.8. The molecule has 1 spiro atoms. The van der Waals surface area contributed by atoms with Crippen molar-refractivity contribution in [2.24, 2.45) is 0 Å². The second-order valence-corrected chi connectivity index (χ2v) is 11.6. The standard InChI is InChI=1S/C33H34ClN5O2/c1-2-38-32(41)39(30-13-10-27(21-29(30)34)26-7-5-6-25(20-26)22-35)31(40)33(38)14-18-36(19-15-33)23-24-8-11-28(12-9-24)37-16-3-4-17-37/h5-13,20-21H,2-4,14-19,23H2,1H3. The summed E-state index contributed by atoms with van der Waals surface area (Å²) in [4.78, 5) is 35.5. The Bertz CT molecular complexity index is 1500. The van der Waals surface area contributed by atoms with Crippen LogP contribution in [-0.2, 0) is 11.3 Å². The molecule has 0 radical (unpaired) electrons. The van der Waals surface area contributed by atoms with Crippen molar-refractivity contribution in [2.75, 3.05) is 42.5 Å². The summed E-state index contributed by atoms with van der Waals surface area (Å²) in [6, 6.07) is 23.3. The van der Waals surface area contributed by atoms with Crippen molar-refractivity contribution >= 4 is 34.9 Å². The van der Waals surface area contributed by atoms with Crippen molar-refractivity contribution in [3.05, 3.63) is 82.9 Å². The van der Waals surface area contributed by atoms with Crippen molar-refractivity contribution in [3.8, 4) is 17.2 Å². The van der Waals surface area contributed by atoms with Gasteiger partial charge in [-0.25, -0.2) is 9.69 Å². The largest absolute Gasteiger partial charge is 0.372 e. The van der Waals surface area contributed by atoms with Gasteiger partial charge in [0.15, 0.2) is 0 Å². The van der Waals surface area contributed by atoms with Gasteiger partial charge in [0.05, 0.1) is 22.3 Å². The van der Waals surface area contributed by atoms with E-state index >= 15 is 0 Å². The Morgan fingerprint density at radius 3 is 2.27 bits per heavy atom. The first-order valence-electron chi connectivity index (χ1n) is 14.5. The summed E-state index contributed by atoms with van der Waals surface area (Å²) in [6.07, 6.45) is 3.70. The lowest BCUT2D eigenvalue weighted by molar-refractivity contribution is -0.127. The molecule has 41 heavy (non-hydrogen) atoms. The van der Waals surface area contributed by atoms with E-state index in [-0.39, 0.29) is 11.9 Å². The van der Waals surface area contributed by atoms with Crippen molar-refractivity contribution in [1.82, 2.24) is 9.80 Å². The summed E-state index contributed by atoms with van der Waals surface area (Å²) in [6.45, 7) is 6.95. The quantitative estimate of drug-likeness (QED) is 0.327. The zero-order valence-corrected chi connectivity index (χ0v) is 24.1. The number of nitrogens with zero attached hydrogens (tertiary/aromatic N) is 5. The molecule has 0 bridgehead atoms. The van der Waals surface area contributed by atoms with Gasteiger partial charge in [0.2, 0.25) is 0 Å². The molecule has 0 aromatic heterocycles. The number of halogens is 1. The van der Waals surface area contributed by atoms with Crippen molar-refractivity contribution in [3.63, 3.8) is 0 Å². The van der Waals surface area contributed by atoms with Gasteiger partial charge < -0.3 is 9.80 Å². The molecule has 3 heterocycles. The second kappa shape index (κ2) is 11.2. The minimum Gasteiger partial charge on any atom is -0.372 e. The Balaban J connectivity index is 1.17. The fourth-order valence-corrected chi connectivity index (χ4v) is 6.88. The van der Waals surface area contributed by atoms with E-state index < -0.39 is 5.54 Å². The Labute approximate surface area is 246 Å². The van der Waals surface area contributed by atoms with E-state index in [0.29, 0.717) is 35.7 Å². The number of piperidine rings is 1. The molecule has 0 atom stereocenters. The number of hydrogen-bond donors (Lipinski definition) is 0. The molecule has 3 aliphatic heterocycles. The molecular weight excluding hydrogens is 534 g/mol. The SMILES string of the molecule is CCN1C(=O)N(c2ccc(-c3cccc(C#N)c3)cc2Cl)C(=O)C12CCN(Cc1ccc(N3CCCC3)cc1)CC2. The summed E-state index contributed by atoms with van der Waals surface area (Å²) >= 11 is 6.71. The smallest absolute Gasteiger partial charge is 0.332 e. The van der Waals surface area contributed by atoms with E-state index in [0.717, 1.165) is 43.9 Å². The van der Waals surface area contributed by atoms with Crippen LogP contribution in [0.1, 0.15) is 43.7 Å². The van der Waals surface area contributed by atoms with Crippen LogP contribution >= 0.6 is 11.6 Å². The topological polar surface area (TPSA) is 70.9 Å². The van der Waals surface area contributed by atoms with Gasteiger partial charge in [0.25, 0.3) is 5.91 Å². The normalized spacial score (nSPS) is 18.9. The number of imide groups is 1. The molecule has 0 saturated carbocycles. The van der Waals surface area contributed by atoms with Crippen LogP contribution in [0.4, 0.5) is 16.2 Å².